The predicted octanol–water partition coefficient (Wildman–Crippen LogP) is 2.27. The van der Waals surface area contributed by atoms with Crippen LogP contribution in [0.4, 0.5) is 4.39 Å². The minimum atomic E-state index is -0.697. The molecule has 0 heterocycles. The molecule has 136 valence electrons. The van der Waals surface area contributed by atoms with Gasteiger partial charge >= 0.3 is 5.97 Å². The van der Waals surface area contributed by atoms with Gasteiger partial charge < -0.3 is 14.8 Å². The molecule has 0 aliphatic rings. The van der Waals surface area contributed by atoms with E-state index < -0.39 is 18.5 Å². The maximum atomic E-state index is 12.8. The number of carbonyl (C=O) groups is 3. The van der Waals surface area contributed by atoms with Crippen molar-refractivity contribution in [2.24, 2.45) is 0 Å². The highest BCUT2D eigenvalue weighted by molar-refractivity contribution is 5.94. The number of ether oxygens (including phenoxy) is 2. The average molecular weight is 359 g/mol. The number of hydrogen-bond donors (Lipinski definition) is 1. The summed E-state index contributed by atoms with van der Waals surface area (Å²) in [6.07, 6.45) is 0. The molecule has 0 unspecified atom stereocenters. The number of nitrogens with one attached hydrogen (secondary N) is 1. The van der Waals surface area contributed by atoms with Crippen LogP contribution in [0.3, 0.4) is 0 Å². The molecule has 2 aromatic rings. The Kier molecular flexibility index (Phi) is 6.84. The quantitative estimate of drug-likeness (QED) is 0.578. The highest BCUT2D eigenvalue weighted by atomic mass is 19.1. The van der Waals surface area contributed by atoms with Gasteiger partial charge in [0, 0.05) is 12.1 Å². The summed E-state index contributed by atoms with van der Waals surface area (Å²) in [5, 5.41) is 2.55. The lowest BCUT2D eigenvalue weighted by Crippen LogP contribution is -2.29. The van der Waals surface area contributed by atoms with Gasteiger partial charge in [0.2, 0.25) is 0 Å². The first-order chi connectivity index (χ1) is 12.4. The monoisotopic (exact) mass is 359 g/mol. The van der Waals surface area contributed by atoms with Gasteiger partial charge in [0.05, 0.1) is 0 Å². The minimum absolute atomic E-state index is 0.0670. The minimum Gasteiger partial charge on any atom is -0.482 e. The molecular formula is C19H18FNO5. The van der Waals surface area contributed by atoms with Crippen LogP contribution < -0.4 is 10.1 Å². The Hall–Kier alpha value is -3.22. The molecule has 2 aromatic carbocycles. The average Bonchev–Trinajstić information content (AvgIpc) is 2.64. The zero-order valence-corrected chi connectivity index (χ0v) is 14.2. The second-order valence-electron chi connectivity index (χ2n) is 5.43. The second-order valence-corrected chi connectivity index (χ2v) is 5.43. The summed E-state index contributed by atoms with van der Waals surface area (Å²) >= 11 is 0. The van der Waals surface area contributed by atoms with Gasteiger partial charge in [-0.25, -0.2) is 9.18 Å². The first-order valence-corrected chi connectivity index (χ1v) is 7.84. The van der Waals surface area contributed by atoms with Gasteiger partial charge in [0.15, 0.2) is 19.0 Å². The van der Waals surface area contributed by atoms with E-state index in [2.05, 4.69) is 5.32 Å². The standard InChI is InChI=1S/C19H18FNO5/c1-13(22)15-4-8-17(9-5-15)25-12-19(24)26-11-18(23)21-10-14-2-6-16(20)7-3-14/h2-9H,10-12H2,1H3,(H,21,23). The Balaban J connectivity index is 1.66. The number of halogens is 1. The summed E-state index contributed by atoms with van der Waals surface area (Å²) in [4.78, 5) is 34.4. The number of ketones is 1. The van der Waals surface area contributed by atoms with Crippen molar-refractivity contribution >= 4 is 17.7 Å². The van der Waals surface area contributed by atoms with Crippen LogP contribution in [0.25, 0.3) is 0 Å². The topological polar surface area (TPSA) is 81.7 Å². The lowest BCUT2D eigenvalue weighted by molar-refractivity contribution is -0.150. The van der Waals surface area contributed by atoms with Crippen LogP contribution in [0.1, 0.15) is 22.8 Å². The lowest BCUT2D eigenvalue weighted by atomic mass is 10.1. The van der Waals surface area contributed by atoms with Gasteiger partial charge in [-0.05, 0) is 48.9 Å². The molecule has 0 saturated heterocycles. The summed E-state index contributed by atoms with van der Waals surface area (Å²) in [6, 6.07) is 12.0. The van der Waals surface area contributed by atoms with Crippen molar-refractivity contribution in [2.75, 3.05) is 13.2 Å². The molecule has 0 aliphatic heterocycles. The fourth-order valence-electron chi connectivity index (χ4n) is 1.97. The molecule has 0 aromatic heterocycles. The number of rotatable bonds is 8. The van der Waals surface area contributed by atoms with Gasteiger partial charge in [0.25, 0.3) is 5.91 Å². The van der Waals surface area contributed by atoms with Crippen molar-refractivity contribution in [3.63, 3.8) is 0 Å². The fourth-order valence-corrected chi connectivity index (χ4v) is 1.97. The Labute approximate surface area is 149 Å². The Morgan fingerprint density at radius 3 is 2.23 bits per heavy atom. The lowest BCUT2D eigenvalue weighted by Gasteiger charge is -2.08. The third-order valence-corrected chi connectivity index (χ3v) is 3.38. The third-order valence-electron chi connectivity index (χ3n) is 3.38. The smallest absolute Gasteiger partial charge is 0.344 e. The van der Waals surface area contributed by atoms with Crippen molar-refractivity contribution in [1.29, 1.82) is 0 Å². The zero-order chi connectivity index (χ0) is 18.9. The van der Waals surface area contributed by atoms with Crippen LogP contribution in [0, 0.1) is 5.82 Å². The van der Waals surface area contributed by atoms with E-state index in [9.17, 15) is 18.8 Å². The highest BCUT2D eigenvalue weighted by Gasteiger charge is 2.09. The van der Waals surface area contributed by atoms with Crippen LogP contribution >= 0.6 is 0 Å². The molecule has 1 N–H and O–H groups in total. The van der Waals surface area contributed by atoms with E-state index in [0.29, 0.717) is 11.3 Å². The van der Waals surface area contributed by atoms with E-state index in [-0.39, 0.29) is 24.8 Å². The Morgan fingerprint density at radius 1 is 0.962 bits per heavy atom. The number of benzene rings is 2. The van der Waals surface area contributed by atoms with Gasteiger partial charge in [-0.15, -0.1) is 0 Å². The molecule has 0 spiro atoms. The highest BCUT2D eigenvalue weighted by Crippen LogP contribution is 2.12. The molecule has 0 radical (unpaired) electrons. The zero-order valence-electron chi connectivity index (χ0n) is 14.2. The molecule has 0 fully saturated rings. The first kappa shape index (κ1) is 19.1. The molecule has 0 saturated carbocycles. The van der Waals surface area contributed by atoms with Gasteiger partial charge in [0.1, 0.15) is 11.6 Å². The molecule has 7 heteroatoms. The number of Topliss-reactive ketones (excluding diaryl/α,β-unsaturated/α-hetero) is 1. The summed E-state index contributed by atoms with van der Waals surface area (Å²) in [7, 11) is 0. The van der Waals surface area contributed by atoms with Crippen molar-refractivity contribution in [3.05, 3.63) is 65.5 Å². The summed E-state index contributed by atoms with van der Waals surface area (Å²) < 4.78 is 22.8. The van der Waals surface area contributed by atoms with E-state index in [1.165, 1.54) is 19.1 Å². The maximum Gasteiger partial charge on any atom is 0.344 e. The van der Waals surface area contributed by atoms with E-state index in [0.717, 1.165) is 5.56 Å². The van der Waals surface area contributed by atoms with Crippen LogP contribution in [0.5, 0.6) is 5.75 Å². The van der Waals surface area contributed by atoms with Crippen LogP contribution in [-0.4, -0.2) is 30.9 Å². The fraction of sp³-hybridized carbons (Fsp3) is 0.211. The van der Waals surface area contributed by atoms with Crippen molar-refractivity contribution in [1.82, 2.24) is 5.32 Å². The Bertz CT molecular complexity index is 772. The summed E-state index contributed by atoms with van der Waals surface area (Å²) in [5.41, 5.74) is 1.26. The number of carbonyl (C=O) groups excluding carboxylic acids is 3. The van der Waals surface area contributed by atoms with Crippen molar-refractivity contribution in [2.45, 2.75) is 13.5 Å². The SMILES string of the molecule is CC(=O)c1ccc(OCC(=O)OCC(=O)NCc2ccc(F)cc2)cc1. The largest absolute Gasteiger partial charge is 0.482 e. The summed E-state index contributed by atoms with van der Waals surface area (Å²) in [6.45, 7) is 0.862. The summed E-state index contributed by atoms with van der Waals surface area (Å²) in [5.74, 6) is -1.19. The van der Waals surface area contributed by atoms with E-state index in [1.807, 2.05) is 0 Å². The maximum absolute atomic E-state index is 12.8. The van der Waals surface area contributed by atoms with Crippen LogP contribution in [0.2, 0.25) is 0 Å². The molecule has 0 aliphatic carbocycles. The molecule has 0 bridgehead atoms. The van der Waals surface area contributed by atoms with E-state index >= 15 is 0 Å². The molecular weight excluding hydrogens is 341 g/mol. The van der Waals surface area contributed by atoms with Gasteiger partial charge in [-0.3, -0.25) is 9.59 Å². The van der Waals surface area contributed by atoms with E-state index in [1.54, 1.807) is 36.4 Å². The molecule has 1 amide bonds. The van der Waals surface area contributed by atoms with Crippen LogP contribution in [0.15, 0.2) is 48.5 Å². The molecule has 0 atom stereocenters. The Morgan fingerprint density at radius 2 is 1.62 bits per heavy atom. The third kappa shape index (κ3) is 6.35. The first-order valence-electron chi connectivity index (χ1n) is 7.84. The number of hydrogen-bond acceptors (Lipinski definition) is 5. The molecule has 2 rings (SSSR count). The van der Waals surface area contributed by atoms with Crippen LogP contribution in [-0.2, 0) is 20.9 Å². The van der Waals surface area contributed by atoms with Crippen molar-refractivity contribution < 1.29 is 28.2 Å². The number of esters is 1. The van der Waals surface area contributed by atoms with Gasteiger partial charge in [-0.1, -0.05) is 12.1 Å². The second kappa shape index (κ2) is 9.31. The van der Waals surface area contributed by atoms with Gasteiger partial charge in [-0.2, -0.15) is 0 Å². The number of amides is 1. The normalized spacial score (nSPS) is 10.1. The molecule has 6 nitrogen and oxygen atoms in total. The van der Waals surface area contributed by atoms with Crippen molar-refractivity contribution in [3.8, 4) is 5.75 Å². The molecule has 26 heavy (non-hydrogen) atoms. The van der Waals surface area contributed by atoms with E-state index in [4.69, 9.17) is 9.47 Å². The predicted molar refractivity (Wildman–Crippen MR) is 91.1 cm³/mol.